The Labute approximate surface area is 102 Å². The molecule has 0 radical (unpaired) electrons. The number of hydrogen-bond acceptors (Lipinski definition) is 2. The molecule has 0 aliphatic heterocycles. The summed E-state index contributed by atoms with van der Waals surface area (Å²) >= 11 is 0. The van der Waals surface area contributed by atoms with Crippen molar-refractivity contribution in [3.8, 4) is 0 Å². The van der Waals surface area contributed by atoms with Crippen molar-refractivity contribution >= 4 is 29.4 Å². The van der Waals surface area contributed by atoms with Crippen LogP contribution < -0.4 is 0 Å². The molecule has 0 fully saturated rings. The zero-order chi connectivity index (χ0) is 12.4. The SMILES string of the molecule is C=Nc1c(/C=C\C)c(C)c(C)c2cccnc12. The first kappa shape index (κ1) is 11.5. The number of nitrogens with zero attached hydrogens (tertiary/aromatic N) is 2. The van der Waals surface area contributed by atoms with Crippen molar-refractivity contribution in [2.45, 2.75) is 20.8 Å². The van der Waals surface area contributed by atoms with E-state index in [2.05, 4.69) is 42.7 Å². The van der Waals surface area contributed by atoms with Crippen LogP contribution in [0.25, 0.3) is 17.0 Å². The average Bonchev–Trinajstić information content (AvgIpc) is 2.36. The summed E-state index contributed by atoms with van der Waals surface area (Å²) in [6.07, 6.45) is 5.89. The summed E-state index contributed by atoms with van der Waals surface area (Å²) in [5, 5.41) is 1.15. The normalized spacial score (nSPS) is 11.2. The molecule has 0 aliphatic rings. The Kier molecular flexibility index (Phi) is 3.05. The van der Waals surface area contributed by atoms with Gasteiger partial charge in [0.15, 0.2) is 0 Å². The molecule has 2 rings (SSSR count). The van der Waals surface area contributed by atoms with Crippen molar-refractivity contribution in [2.75, 3.05) is 0 Å². The fraction of sp³-hybridized carbons (Fsp3) is 0.200. The highest BCUT2D eigenvalue weighted by molar-refractivity contribution is 5.97. The molecule has 0 unspecified atom stereocenters. The maximum atomic E-state index is 4.43. The van der Waals surface area contributed by atoms with E-state index < -0.39 is 0 Å². The molecular formula is C15H16N2. The maximum absolute atomic E-state index is 4.43. The van der Waals surface area contributed by atoms with E-state index in [1.807, 2.05) is 19.1 Å². The molecule has 0 amide bonds. The van der Waals surface area contributed by atoms with Crippen LogP contribution in [-0.2, 0) is 0 Å². The first-order valence-corrected chi connectivity index (χ1v) is 5.68. The highest BCUT2D eigenvalue weighted by atomic mass is 14.8. The van der Waals surface area contributed by atoms with E-state index in [9.17, 15) is 0 Å². The molecule has 0 saturated carbocycles. The standard InChI is InChI=1S/C15H16N2/c1-5-7-12-10(2)11(3)13-8-6-9-17-15(13)14(12)16-4/h5-9H,4H2,1-3H3/b7-5-. The van der Waals surface area contributed by atoms with Crippen LogP contribution in [0.4, 0.5) is 5.69 Å². The second-order valence-electron chi connectivity index (χ2n) is 4.07. The van der Waals surface area contributed by atoms with Crippen molar-refractivity contribution in [1.29, 1.82) is 0 Å². The van der Waals surface area contributed by atoms with Gasteiger partial charge in [-0.3, -0.25) is 9.98 Å². The number of aromatic nitrogens is 1. The van der Waals surface area contributed by atoms with Gasteiger partial charge in [-0.15, -0.1) is 0 Å². The van der Waals surface area contributed by atoms with Crippen LogP contribution in [0.15, 0.2) is 29.4 Å². The van der Waals surface area contributed by atoms with E-state index in [0.29, 0.717) is 0 Å². The monoisotopic (exact) mass is 224 g/mol. The van der Waals surface area contributed by atoms with Crippen molar-refractivity contribution in [3.63, 3.8) is 0 Å². The highest BCUT2D eigenvalue weighted by Crippen LogP contribution is 2.35. The molecule has 0 aliphatic carbocycles. The van der Waals surface area contributed by atoms with Crippen LogP contribution in [0.3, 0.4) is 0 Å². The topological polar surface area (TPSA) is 25.2 Å². The molecule has 2 nitrogen and oxygen atoms in total. The van der Waals surface area contributed by atoms with E-state index in [-0.39, 0.29) is 0 Å². The van der Waals surface area contributed by atoms with E-state index in [4.69, 9.17) is 0 Å². The van der Waals surface area contributed by atoms with Crippen molar-refractivity contribution in [1.82, 2.24) is 4.98 Å². The summed E-state index contributed by atoms with van der Waals surface area (Å²) in [5.41, 5.74) is 5.42. The largest absolute Gasteiger partial charge is 0.262 e. The maximum Gasteiger partial charge on any atom is 0.0967 e. The Morgan fingerprint density at radius 2 is 2.06 bits per heavy atom. The van der Waals surface area contributed by atoms with Gasteiger partial charge < -0.3 is 0 Å². The number of aliphatic imine (C=N–C) groups is 1. The summed E-state index contributed by atoms with van der Waals surface area (Å²) in [4.78, 5) is 8.58. The van der Waals surface area contributed by atoms with Crippen LogP contribution in [-0.4, -0.2) is 11.7 Å². The van der Waals surface area contributed by atoms with Crippen LogP contribution in [0.2, 0.25) is 0 Å². The van der Waals surface area contributed by atoms with Crippen LogP contribution in [0, 0.1) is 13.8 Å². The molecule has 1 aromatic carbocycles. The summed E-state index contributed by atoms with van der Waals surface area (Å²) in [6.45, 7) is 9.92. The summed E-state index contributed by atoms with van der Waals surface area (Å²) in [5.74, 6) is 0. The van der Waals surface area contributed by atoms with Crippen molar-refractivity contribution in [3.05, 3.63) is 41.1 Å². The molecule has 0 bridgehead atoms. The van der Waals surface area contributed by atoms with Gasteiger partial charge in [-0.2, -0.15) is 0 Å². The Morgan fingerprint density at radius 3 is 2.71 bits per heavy atom. The Hall–Kier alpha value is -1.96. The van der Waals surface area contributed by atoms with Gasteiger partial charge in [0.05, 0.1) is 11.2 Å². The minimum atomic E-state index is 0.877. The number of pyridine rings is 1. The third-order valence-electron chi connectivity index (χ3n) is 3.15. The molecule has 1 aromatic heterocycles. The molecule has 17 heavy (non-hydrogen) atoms. The van der Waals surface area contributed by atoms with Gasteiger partial charge in [0.2, 0.25) is 0 Å². The molecule has 1 heterocycles. The quantitative estimate of drug-likeness (QED) is 0.701. The van der Waals surface area contributed by atoms with Gasteiger partial charge in [-0.1, -0.05) is 18.2 Å². The number of benzene rings is 1. The fourth-order valence-corrected chi connectivity index (χ4v) is 2.14. The minimum Gasteiger partial charge on any atom is -0.262 e. The lowest BCUT2D eigenvalue weighted by Gasteiger charge is -2.12. The Morgan fingerprint density at radius 1 is 1.29 bits per heavy atom. The minimum absolute atomic E-state index is 0.877. The summed E-state index contributed by atoms with van der Waals surface area (Å²) < 4.78 is 0. The number of rotatable bonds is 2. The van der Waals surface area contributed by atoms with Crippen molar-refractivity contribution < 1.29 is 0 Å². The molecule has 0 saturated heterocycles. The first-order valence-electron chi connectivity index (χ1n) is 5.68. The summed E-state index contributed by atoms with van der Waals surface area (Å²) in [6, 6.07) is 4.04. The van der Waals surface area contributed by atoms with Gasteiger partial charge in [0, 0.05) is 17.1 Å². The lowest BCUT2D eigenvalue weighted by atomic mass is 9.96. The molecular weight excluding hydrogens is 208 g/mol. The van der Waals surface area contributed by atoms with Gasteiger partial charge in [-0.25, -0.2) is 0 Å². The number of aryl methyl sites for hydroxylation is 1. The van der Waals surface area contributed by atoms with Gasteiger partial charge in [0.1, 0.15) is 0 Å². The van der Waals surface area contributed by atoms with Gasteiger partial charge >= 0.3 is 0 Å². The van der Waals surface area contributed by atoms with E-state index in [1.165, 1.54) is 11.1 Å². The number of hydrogen-bond donors (Lipinski definition) is 0. The van der Waals surface area contributed by atoms with Crippen LogP contribution >= 0.6 is 0 Å². The average molecular weight is 224 g/mol. The predicted molar refractivity (Wildman–Crippen MR) is 75.1 cm³/mol. The molecule has 2 heteroatoms. The zero-order valence-corrected chi connectivity index (χ0v) is 10.5. The number of allylic oxidation sites excluding steroid dienone is 1. The van der Waals surface area contributed by atoms with Crippen LogP contribution in [0.5, 0.6) is 0 Å². The third-order valence-corrected chi connectivity index (χ3v) is 3.15. The Bertz CT molecular complexity index is 610. The second kappa shape index (κ2) is 4.50. The smallest absolute Gasteiger partial charge is 0.0967 e. The second-order valence-corrected chi connectivity index (χ2v) is 4.07. The fourth-order valence-electron chi connectivity index (χ4n) is 2.14. The molecule has 2 aromatic rings. The van der Waals surface area contributed by atoms with E-state index >= 15 is 0 Å². The zero-order valence-electron chi connectivity index (χ0n) is 10.5. The van der Waals surface area contributed by atoms with Crippen LogP contribution in [0.1, 0.15) is 23.6 Å². The molecule has 0 N–H and O–H groups in total. The first-order chi connectivity index (χ1) is 8.20. The number of fused-ring (bicyclic) bond motifs is 1. The lowest BCUT2D eigenvalue weighted by Crippen LogP contribution is -1.92. The van der Waals surface area contributed by atoms with Gasteiger partial charge in [-0.05, 0) is 44.7 Å². The summed E-state index contributed by atoms with van der Waals surface area (Å²) in [7, 11) is 0. The molecule has 0 atom stereocenters. The molecule has 86 valence electrons. The molecule has 0 spiro atoms. The Balaban J connectivity index is 3.00. The third kappa shape index (κ3) is 1.76. The predicted octanol–water partition coefficient (Wildman–Crippen LogP) is 4.22. The van der Waals surface area contributed by atoms with E-state index in [0.717, 1.165) is 22.2 Å². The van der Waals surface area contributed by atoms with Gasteiger partial charge in [0.25, 0.3) is 0 Å². The highest BCUT2D eigenvalue weighted by Gasteiger charge is 2.12. The lowest BCUT2D eigenvalue weighted by molar-refractivity contribution is 1.31. The van der Waals surface area contributed by atoms with E-state index in [1.54, 1.807) is 6.20 Å². The van der Waals surface area contributed by atoms with Crippen molar-refractivity contribution in [2.24, 2.45) is 4.99 Å².